The van der Waals surface area contributed by atoms with Gasteiger partial charge in [0, 0.05) is 4.91 Å². The van der Waals surface area contributed by atoms with Crippen LogP contribution in [0.25, 0.3) is 10.4 Å². The first-order chi connectivity index (χ1) is 20.3. The summed E-state index contributed by atoms with van der Waals surface area (Å²) in [5.74, 6) is -1.87. The average Bonchev–Trinajstić information content (AvgIpc) is 3.02. The van der Waals surface area contributed by atoms with E-state index in [9.17, 15) is 20.2 Å². The van der Waals surface area contributed by atoms with Crippen LogP contribution in [0.15, 0.2) is 65.8 Å². The third-order valence-corrected chi connectivity index (χ3v) is 7.67. The number of azide groups is 1. The van der Waals surface area contributed by atoms with E-state index in [0.717, 1.165) is 5.56 Å². The number of benzene rings is 2. The lowest BCUT2D eigenvalue weighted by molar-refractivity contribution is -0.312. The van der Waals surface area contributed by atoms with Gasteiger partial charge in [-0.1, -0.05) is 67.5 Å². The van der Waals surface area contributed by atoms with E-state index in [1.54, 1.807) is 44.2 Å². The molecule has 0 aromatic heterocycles. The Bertz CT molecular complexity index is 1230. The van der Waals surface area contributed by atoms with E-state index in [4.69, 9.17) is 28.4 Å². The minimum Gasteiger partial charge on any atom is -0.467 e. The van der Waals surface area contributed by atoms with E-state index >= 15 is 0 Å². The van der Waals surface area contributed by atoms with Crippen LogP contribution in [0.3, 0.4) is 0 Å². The highest BCUT2D eigenvalue weighted by Crippen LogP contribution is 2.36. The largest absolute Gasteiger partial charge is 0.467 e. The SMILES string of the molecule is CCC1O[C@@H](O[C@H]2C(C(=O)OC)O[C@@H](C)C(OC(=O)c3ccccc3)[C@@H]2OCc2ccccc2)C(N=[N+]=[N-])[C@@H](C)[C@H]1O. The fourth-order valence-electron chi connectivity index (χ4n) is 5.30. The van der Waals surface area contributed by atoms with Crippen molar-refractivity contribution in [2.24, 2.45) is 11.0 Å². The second kappa shape index (κ2) is 14.6. The topological polar surface area (TPSA) is 159 Å². The molecular weight excluding hydrogens is 546 g/mol. The smallest absolute Gasteiger partial charge is 0.338 e. The molecule has 4 rings (SSSR count). The van der Waals surface area contributed by atoms with Gasteiger partial charge >= 0.3 is 11.9 Å². The van der Waals surface area contributed by atoms with E-state index in [2.05, 4.69) is 10.0 Å². The number of carbonyl (C=O) groups excluding carboxylic acids is 2. The zero-order chi connectivity index (χ0) is 30.2. The summed E-state index contributed by atoms with van der Waals surface area (Å²) in [5.41, 5.74) is 10.4. The van der Waals surface area contributed by atoms with Crippen LogP contribution in [0.4, 0.5) is 0 Å². The molecule has 2 aliphatic rings. The Morgan fingerprint density at radius 1 is 1.00 bits per heavy atom. The molecule has 2 aliphatic heterocycles. The van der Waals surface area contributed by atoms with Gasteiger partial charge in [-0.3, -0.25) is 0 Å². The van der Waals surface area contributed by atoms with Crippen LogP contribution in [-0.2, 0) is 39.8 Å². The van der Waals surface area contributed by atoms with Crippen molar-refractivity contribution in [3.63, 3.8) is 0 Å². The summed E-state index contributed by atoms with van der Waals surface area (Å²) in [4.78, 5) is 29.1. The fourth-order valence-corrected chi connectivity index (χ4v) is 5.30. The summed E-state index contributed by atoms with van der Waals surface area (Å²) in [7, 11) is 1.22. The molecule has 42 heavy (non-hydrogen) atoms. The van der Waals surface area contributed by atoms with E-state index in [-0.39, 0.29) is 6.61 Å². The normalized spacial score (nSPS) is 32.8. The minimum atomic E-state index is -1.30. The molecule has 1 N–H and O–H groups in total. The molecule has 2 aromatic carbocycles. The third-order valence-electron chi connectivity index (χ3n) is 7.67. The molecule has 226 valence electrons. The van der Waals surface area contributed by atoms with Crippen LogP contribution in [0.5, 0.6) is 0 Å². The maximum atomic E-state index is 13.2. The van der Waals surface area contributed by atoms with Gasteiger partial charge in [-0.25, -0.2) is 9.59 Å². The van der Waals surface area contributed by atoms with Crippen molar-refractivity contribution in [2.45, 2.75) is 88.9 Å². The Hall–Kier alpha value is -3.51. The number of aliphatic hydroxyl groups is 1. The fraction of sp³-hybridized carbons (Fsp3) is 0.533. The molecule has 12 heteroatoms. The highest BCUT2D eigenvalue weighted by molar-refractivity contribution is 5.89. The number of ether oxygens (including phenoxy) is 6. The summed E-state index contributed by atoms with van der Waals surface area (Å²) in [6, 6.07) is 16.9. The number of hydrogen-bond donors (Lipinski definition) is 1. The van der Waals surface area contributed by atoms with Gasteiger partial charge < -0.3 is 33.5 Å². The molecule has 0 bridgehead atoms. The van der Waals surface area contributed by atoms with Crippen LogP contribution in [-0.4, -0.2) is 79.2 Å². The Morgan fingerprint density at radius 3 is 2.29 bits per heavy atom. The van der Waals surface area contributed by atoms with E-state index in [1.165, 1.54) is 7.11 Å². The van der Waals surface area contributed by atoms with Crippen molar-refractivity contribution < 1.29 is 43.1 Å². The third kappa shape index (κ3) is 7.09. The molecule has 2 aromatic rings. The van der Waals surface area contributed by atoms with Crippen LogP contribution >= 0.6 is 0 Å². The molecule has 2 heterocycles. The van der Waals surface area contributed by atoms with E-state index < -0.39 is 72.9 Å². The Kier molecular flexibility index (Phi) is 10.9. The summed E-state index contributed by atoms with van der Waals surface area (Å²) < 4.78 is 35.9. The van der Waals surface area contributed by atoms with Crippen molar-refractivity contribution >= 4 is 11.9 Å². The van der Waals surface area contributed by atoms with Crippen LogP contribution < -0.4 is 0 Å². The lowest BCUT2D eigenvalue weighted by Gasteiger charge is -2.47. The zero-order valence-electron chi connectivity index (χ0n) is 24.0. The number of aliphatic hydroxyl groups excluding tert-OH is 1. The number of rotatable bonds is 10. The number of hydrogen-bond acceptors (Lipinski definition) is 10. The molecule has 2 saturated heterocycles. The standard InChI is InChI=1S/C30H37N3O9/c1-5-21-23(34)17(2)22(32-33-31)30(40-21)42-26-25(38-16-19-12-8-6-9-13-19)24(18(3)39-27(26)29(36)37-4)41-28(35)20-14-10-7-11-15-20/h6-15,17-18,21-27,30,34H,5,16H2,1-4H3/t17-,18+,21?,22?,23-,24?,25+,26-,27?,30+/m1/s1. The molecule has 2 fully saturated rings. The quantitative estimate of drug-likeness (QED) is 0.189. The van der Waals surface area contributed by atoms with Crippen molar-refractivity contribution in [3.05, 3.63) is 82.2 Å². The van der Waals surface area contributed by atoms with Crippen molar-refractivity contribution in [1.82, 2.24) is 0 Å². The minimum absolute atomic E-state index is 0.101. The predicted molar refractivity (Wildman–Crippen MR) is 149 cm³/mol. The van der Waals surface area contributed by atoms with E-state index in [1.807, 2.05) is 37.3 Å². The van der Waals surface area contributed by atoms with Crippen LogP contribution in [0.2, 0.25) is 0 Å². The summed E-state index contributed by atoms with van der Waals surface area (Å²) in [5, 5.41) is 14.6. The number of carbonyl (C=O) groups is 2. The Balaban J connectivity index is 1.72. The molecule has 0 radical (unpaired) electrons. The summed E-state index contributed by atoms with van der Waals surface area (Å²) in [6.07, 6.45) is -7.61. The first kappa shape index (κ1) is 31.4. The molecule has 4 unspecified atom stereocenters. The van der Waals surface area contributed by atoms with Gasteiger partial charge in [0.15, 0.2) is 18.5 Å². The zero-order valence-corrected chi connectivity index (χ0v) is 24.0. The number of nitrogens with zero attached hydrogens (tertiary/aromatic N) is 3. The van der Waals surface area contributed by atoms with Gasteiger partial charge in [0.1, 0.15) is 12.2 Å². The monoisotopic (exact) mass is 583 g/mol. The average molecular weight is 584 g/mol. The summed E-state index contributed by atoms with van der Waals surface area (Å²) in [6.45, 7) is 5.35. The lowest BCUT2D eigenvalue weighted by atomic mass is 9.88. The van der Waals surface area contributed by atoms with Gasteiger partial charge in [0.05, 0.1) is 43.6 Å². The lowest BCUT2D eigenvalue weighted by Crippen LogP contribution is -2.64. The van der Waals surface area contributed by atoms with Crippen LogP contribution in [0, 0.1) is 5.92 Å². The highest BCUT2D eigenvalue weighted by Gasteiger charge is 2.54. The highest BCUT2D eigenvalue weighted by atomic mass is 16.7. The van der Waals surface area contributed by atoms with E-state index in [0.29, 0.717) is 12.0 Å². The van der Waals surface area contributed by atoms with Gasteiger partial charge in [0.2, 0.25) is 0 Å². The molecule has 0 aliphatic carbocycles. The predicted octanol–water partition coefficient (Wildman–Crippen LogP) is 3.95. The second-order valence-electron chi connectivity index (χ2n) is 10.4. The van der Waals surface area contributed by atoms with Gasteiger partial charge in [-0.2, -0.15) is 0 Å². The van der Waals surface area contributed by atoms with Crippen molar-refractivity contribution in [3.8, 4) is 0 Å². The number of methoxy groups -OCH3 is 1. The first-order valence-corrected chi connectivity index (χ1v) is 14.0. The molecular formula is C30H37N3O9. The van der Waals surface area contributed by atoms with Gasteiger partial charge in [-0.15, -0.1) is 0 Å². The molecule has 0 saturated carbocycles. The van der Waals surface area contributed by atoms with Crippen LogP contribution in [0.1, 0.15) is 43.1 Å². The summed E-state index contributed by atoms with van der Waals surface area (Å²) >= 11 is 0. The first-order valence-electron chi connectivity index (χ1n) is 14.0. The second-order valence-corrected chi connectivity index (χ2v) is 10.4. The maximum Gasteiger partial charge on any atom is 0.338 e. The molecule has 10 atom stereocenters. The molecule has 0 spiro atoms. The van der Waals surface area contributed by atoms with Gasteiger partial charge in [0.25, 0.3) is 0 Å². The Morgan fingerprint density at radius 2 is 1.67 bits per heavy atom. The molecule has 12 nitrogen and oxygen atoms in total. The van der Waals surface area contributed by atoms with Crippen molar-refractivity contribution in [1.29, 1.82) is 0 Å². The molecule has 0 amide bonds. The Labute approximate surface area is 244 Å². The maximum absolute atomic E-state index is 13.2. The van der Waals surface area contributed by atoms with Gasteiger partial charge in [-0.05, 0) is 42.5 Å². The number of esters is 2. The van der Waals surface area contributed by atoms with Crippen molar-refractivity contribution in [2.75, 3.05) is 7.11 Å².